The fourth-order valence-corrected chi connectivity index (χ4v) is 2.51. The zero-order chi connectivity index (χ0) is 19.4. The Bertz CT molecular complexity index is 997. The highest BCUT2D eigenvalue weighted by Gasteiger charge is 2.14. The third-order valence-corrected chi connectivity index (χ3v) is 4.11. The van der Waals surface area contributed by atoms with Gasteiger partial charge >= 0.3 is 0 Å². The lowest BCUT2D eigenvalue weighted by atomic mass is 10.2. The lowest BCUT2D eigenvalue weighted by molar-refractivity contribution is 0.102. The van der Waals surface area contributed by atoms with Crippen LogP contribution in [0.2, 0.25) is 5.02 Å². The maximum absolute atomic E-state index is 13.3. The van der Waals surface area contributed by atoms with E-state index in [1.54, 1.807) is 24.3 Å². The van der Waals surface area contributed by atoms with Gasteiger partial charge in [-0.25, -0.2) is 14.4 Å². The third-order valence-electron chi connectivity index (χ3n) is 3.70. The fourth-order valence-electron chi connectivity index (χ4n) is 2.36. The number of methoxy groups -OCH3 is 1. The van der Waals surface area contributed by atoms with E-state index in [-0.39, 0.29) is 17.5 Å². The molecule has 0 saturated carbocycles. The molecule has 138 valence electrons. The first-order chi connectivity index (χ1) is 13.0. The molecular formula is C19H16ClFN4O2. The van der Waals surface area contributed by atoms with Crippen LogP contribution >= 0.6 is 11.6 Å². The number of carbonyl (C=O) groups is 1. The van der Waals surface area contributed by atoms with Gasteiger partial charge in [-0.15, -0.1) is 0 Å². The van der Waals surface area contributed by atoms with Crippen molar-refractivity contribution in [2.75, 3.05) is 17.7 Å². The molecule has 0 fully saturated rings. The number of ether oxygens (including phenoxy) is 1. The second-order valence-electron chi connectivity index (χ2n) is 5.66. The van der Waals surface area contributed by atoms with Gasteiger partial charge in [0.1, 0.15) is 17.3 Å². The van der Waals surface area contributed by atoms with Crippen molar-refractivity contribution in [3.63, 3.8) is 0 Å². The molecule has 0 atom stereocenters. The van der Waals surface area contributed by atoms with Crippen molar-refractivity contribution in [3.8, 4) is 5.75 Å². The van der Waals surface area contributed by atoms with Crippen molar-refractivity contribution < 1.29 is 13.9 Å². The number of halogens is 2. The van der Waals surface area contributed by atoms with Crippen molar-refractivity contribution in [2.24, 2.45) is 0 Å². The van der Waals surface area contributed by atoms with Crippen LogP contribution in [-0.2, 0) is 0 Å². The maximum atomic E-state index is 13.3. The molecule has 0 saturated heterocycles. The molecule has 0 spiro atoms. The minimum atomic E-state index is -0.445. The largest absolute Gasteiger partial charge is 0.495 e. The molecule has 8 heteroatoms. The van der Waals surface area contributed by atoms with Gasteiger partial charge in [0.05, 0.1) is 12.8 Å². The molecule has 0 bridgehead atoms. The standard InChI is InChI=1S/C19H16ClFN4O2/c1-11-8-16(17(27-2)10-14(11)20)24-18(26)15-6-7-22-19(25-15)23-13-5-3-4-12(21)9-13/h3-10H,1-2H3,(H,24,26)(H,22,23,25). The number of rotatable bonds is 5. The highest BCUT2D eigenvalue weighted by molar-refractivity contribution is 6.31. The van der Waals surface area contributed by atoms with Crippen molar-refractivity contribution >= 4 is 34.8 Å². The van der Waals surface area contributed by atoms with E-state index in [0.717, 1.165) is 5.56 Å². The molecular weight excluding hydrogens is 371 g/mol. The summed E-state index contributed by atoms with van der Waals surface area (Å²) in [5.41, 5.74) is 1.88. The van der Waals surface area contributed by atoms with Gasteiger partial charge < -0.3 is 15.4 Å². The van der Waals surface area contributed by atoms with E-state index in [2.05, 4.69) is 20.6 Å². The maximum Gasteiger partial charge on any atom is 0.274 e. The summed E-state index contributed by atoms with van der Waals surface area (Å²) in [6, 6.07) is 10.7. The first-order valence-electron chi connectivity index (χ1n) is 7.97. The number of carbonyl (C=O) groups excluding carboxylic acids is 1. The summed E-state index contributed by atoms with van der Waals surface area (Å²) in [4.78, 5) is 20.8. The van der Waals surface area contributed by atoms with Crippen LogP contribution in [0.15, 0.2) is 48.7 Å². The average Bonchev–Trinajstić information content (AvgIpc) is 2.64. The SMILES string of the molecule is COc1cc(Cl)c(C)cc1NC(=O)c1ccnc(Nc2cccc(F)c2)n1. The van der Waals surface area contributed by atoms with Crippen LogP contribution in [0.5, 0.6) is 5.75 Å². The minimum Gasteiger partial charge on any atom is -0.495 e. The Morgan fingerprint density at radius 3 is 2.78 bits per heavy atom. The summed E-state index contributed by atoms with van der Waals surface area (Å²) < 4.78 is 18.5. The number of aromatic nitrogens is 2. The number of benzene rings is 2. The molecule has 1 aromatic heterocycles. The van der Waals surface area contributed by atoms with E-state index in [0.29, 0.717) is 22.1 Å². The van der Waals surface area contributed by atoms with Gasteiger partial charge in [-0.1, -0.05) is 17.7 Å². The summed E-state index contributed by atoms with van der Waals surface area (Å²) in [5, 5.41) is 6.14. The Hall–Kier alpha value is -3.19. The number of anilines is 3. The van der Waals surface area contributed by atoms with Gasteiger partial charge in [-0.05, 0) is 42.8 Å². The highest BCUT2D eigenvalue weighted by Crippen LogP contribution is 2.31. The van der Waals surface area contributed by atoms with Gasteiger partial charge in [0.15, 0.2) is 0 Å². The second kappa shape index (κ2) is 8.01. The molecule has 1 amide bonds. The van der Waals surface area contributed by atoms with E-state index in [1.165, 1.54) is 31.5 Å². The number of amides is 1. The Morgan fingerprint density at radius 1 is 1.22 bits per heavy atom. The van der Waals surface area contributed by atoms with Crippen LogP contribution in [0.4, 0.5) is 21.7 Å². The molecule has 2 N–H and O–H groups in total. The quantitative estimate of drug-likeness (QED) is 0.671. The minimum absolute atomic E-state index is 0.138. The van der Waals surface area contributed by atoms with E-state index < -0.39 is 5.91 Å². The predicted octanol–water partition coefficient (Wildman–Crippen LogP) is 4.58. The molecule has 0 aliphatic rings. The van der Waals surface area contributed by atoms with Gasteiger partial charge in [0.2, 0.25) is 5.95 Å². The predicted molar refractivity (Wildman–Crippen MR) is 102 cm³/mol. The number of hydrogen-bond donors (Lipinski definition) is 2. The lowest BCUT2D eigenvalue weighted by Crippen LogP contribution is -2.15. The van der Waals surface area contributed by atoms with Crippen molar-refractivity contribution in [1.82, 2.24) is 9.97 Å². The molecule has 1 heterocycles. The summed E-state index contributed by atoms with van der Waals surface area (Å²) in [5.74, 6) is -0.225. The van der Waals surface area contributed by atoms with Crippen LogP contribution in [-0.4, -0.2) is 23.0 Å². The molecule has 0 aliphatic carbocycles. The number of nitrogens with zero attached hydrogens (tertiary/aromatic N) is 2. The highest BCUT2D eigenvalue weighted by atomic mass is 35.5. The van der Waals surface area contributed by atoms with E-state index in [9.17, 15) is 9.18 Å². The van der Waals surface area contributed by atoms with Gasteiger partial charge in [0, 0.05) is 23.0 Å². The van der Waals surface area contributed by atoms with Crippen molar-refractivity contribution in [3.05, 3.63) is 70.8 Å². The van der Waals surface area contributed by atoms with E-state index >= 15 is 0 Å². The summed E-state index contributed by atoms with van der Waals surface area (Å²) in [7, 11) is 1.49. The Morgan fingerprint density at radius 2 is 2.04 bits per heavy atom. The zero-order valence-electron chi connectivity index (χ0n) is 14.6. The number of aryl methyl sites for hydroxylation is 1. The number of nitrogens with one attached hydrogen (secondary N) is 2. The number of hydrogen-bond acceptors (Lipinski definition) is 5. The topological polar surface area (TPSA) is 76.1 Å². The third kappa shape index (κ3) is 4.51. The first kappa shape index (κ1) is 18.6. The Kier molecular flexibility index (Phi) is 5.52. The lowest BCUT2D eigenvalue weighted by Gasteiger charge is -2.12. The average molecular weight is 387 g/mol. The molecule has 0 aliphatic heterocycles. The summed E-state index contributed by atoms with van der Waals surface area (Å²) >= 11 is 6.08. The van der Waals surface area contributed by atoms with Crippen LogP contribution in [0.25, 0.3) is 0 Å². The van der Waals surface area contributed by atoms with Crippen LogP contribution < -0.4 is 15.4 Å². The smallest absolute Gasteiger partial charge is 0.274 e. The first-order valence-corrected chi connectivity index (χ1v) is 8.35. The normalized spacial score (nSPS) is 10.4. The molecule has 2 aromatic carbocycles. The summed E-state index contributed by atoms with van der Waals surface area (Å²) in [6.45, 7) is 1.82. The molecule has 6 nitrogen and oxygen atoms in total. The van der Waals surface area contributed by atoms with Crippen LogP contribution in [0, 0.1) is 12.7 Å². The van der Waals surface area contributed by atoms with Gasteiger partial charge in [-0.2, -0.15) is 0 Å². The molecule has 3 aromatic rings. The van der Waals surface area contributed by atoms with Crippen LogP contribution in [0.3, 0.4) is 0 Å². The van der Waals surface area contributed by atoms with Crippen LogP contribution in [0.1, 0.15) is 16.1 Å². The second-order valence-corrected chi connectivity index (χ2v) is 6.06. The fraction of sp³-hybridized carbons (Fsp3) is 0.105. The van der Waals surface area contributed by atoms with Crippen molar-refractivity contribution in [1.29, 1.82) is 0 Å². The molecule has 0 unspecified atom stereocenters. The molecule has 0 radical (unpaired) electrons. The Balaban J connectivity index is 1.81. The van der Waals surface area contributed by atoms with E-state index in [1.807, 2.05) is 6.92 Å². The molecule has 3 rings (SSSR count). The Labute approximate surface area is 160 Å². The van der Waals surface area contributed by atoms with Gasteiger partial charge in [-0.3, -0.25) is 4.79 Å². The monoisotopic (exact) mass is 386 g/mol. The van der Waals surface area contributed by atoms with Gasteiger partial charge in [0.25, 0.3) is 5.91 Å². The zero-order valence-corrected chi connectivity index (χ0v) is 15.3. The van der Waals surface area contributed by atoms with E-state index in [4.69, 9.17) is 16.3 Å². The van der Waals surface area contributed by atoms with Crippen molar-refractivity contribution in [2.45, 2.75) is 6.92 Å². The summed E-state index contributed by atoms with van der Waals surface area (Å²) in [6.07, 6.45) is 1.44. The molecule has 27 heavy (non-hydrogen) atoms.